The zero-order valence-corrected chi connectivity index (χ0v) is 14.2. The van der Waals surface area contributed by atoms with E-state index >= 15 is 0 Å². The van der Waals surface area contributed by atoms with Crippen LogP contribution in [-0.4, -0.2) is 53.4 Å². The van der Waals surface area contributed by atoms with Crippen molar-refractivity contribution in [3.8, 4) is 0 Å². The van der Waals surface area contributed by atoms with E-state index < -0.39 is 0 Å². The molecule has 0 aromatic rings. The maximum absolute atomic E-state index is 12.6. The number of carbonyl (C=O) groups excluding carboxylic acids is 1. The number of nitrogens with one attached hydrogen (secondary N) is 1. The first-order chi connectivity index (χ1) is 8.59. The topological polar surface area (TPSA) is 32.3 Å². The molecule has 1 N–H and O–H groups in total. The number of hydrogen-bond acceptors (Lipinski definition) is 4. The van der Waals surface area contributed by atoms with Crippen LogP contribution in [0.25, 0.3) is 0 Å². The molecule has 0 spiro atoms. The largest absolute Gasteiger partial charge is 0.302 e. The lowest BCUT2D eigenvalue weighted by atomic mass is 9.85. The lowest BCUT2D eigenvalue weighted by Crippen LogP contribution is -2.56. The molecule has 1 aliphatic heterocycles. The lowest BCUT2D eigenvalue weighted by Gasteiger charge is -2.36. The Labute approximate surface area is 122 Å². The number of ketones is 1. The van der Waals surface area contributed by atoms with Crippen molar-refractivity contribution in [1.29, 1.82) is 0 Å². The van der Waals surface area contributed by atoms with Crippen molar-refractivity contribution in [2.45, 2.75) is 53.1 Å². The van der Waals surface area contributed by atoms with Gasteiger partial charge in [0.15, 0.2) is 5.78 Å². The van der Waals surface area contributed by atoms with Crippen molar-refractivity contribution in [2.24, 2.45) is 5.41 Å². The van der Waals surface area contributed by atoms with E-state index in [0.29, 0.717) is 5.78 Å². The summed E-state index contributed by atoms with van der Waals surface area (Å²) in [5.41, 5.74) is -0.316. The smallest absolute Gasteiger partial charge is 0.156 e. The van der Waals surface area contributed by atoms with Crippen LogP contribution in [0.5, 0.6) is 0 Å². The molecule has 1 rings (SSSR count). The van der Waals surface area contributed by atoms with Crippen molar-refractivity contribution in [3.63, 3.8) is 0 Å². The van der Waals surface area contributed by atoms with E-state index in [-0.39, 0.29) is 17.0 Å². The number of carbonyl (C=O) groups is 1. The van der Waals surface area contributed by atoms with E-state index in [4.69, 9.17) is 0 Å². The van der Waals surface area contributed by atoms with Crippen LogP contribution in [0.4, 0.5) is 0 Å². The van der Waals surface area contributed by atoms with Crippen LogP contribution in [0, 0.1) is 5.41 Å². The molecule has 0 radical (unpaired) electrons. The summed E-state index contributed by atoms with van der Waals surface area (Å²) in [4.78, 5) is 15.0. The van der Waals surface area contributed by atoms with Gasteiger partial charge in [-0.3, -0.25) is 9.69 Å². The molecule has 0 aromatic carbocycles. The molecule has 1 aliphatic rings. The Morgan fingerprint density at radius 2 is 1.68 bits per heavy atom. The fraction of sp³-hybridized carbons (Fsp3) is 0.933. The van der Waals surface area contributed by atoms with E-state index in [1.165, 1.54) is 11.5 Å². The first-order valence-corrected chi connectivity index (χ1v) is 8.37. The van der Waals surface area contributed by atoms with E-state index in [0.717, 1.165) is 19.6 Å². The predicted molar refractivity (Wildman–Crippen MR) is 84.9 cm³/mol. The van der Waals surface area contributed by atoms with Gasteiger partial charge in [-0.15, -0.1) is 0 Å². The molecule has 0 bridgehead atoms. The van der Waals surface area contributed by atoms with Crippen LogP contribution in [0.15, 0.2) is 0 Å². The van der Waals surface area contributed by atoms with Crippen molar-refractivity contribution in [2.75, 3.05) is 31.1 Å². The maximum atomic E-state index is 12.6. The summed E-state index contributed by atoms with van der Waals surface area (Å²) in [7, 11) is 0. The summed E-state index contributed by atoms with van der Waals surface area (Å²) in [5.74, 6) is 2.69. The van der Waals surface area contributed by atoms with E-state index in [1.54, 1.807) is 0 Å². The average molecular weight is 286 g/mol. The Kier molecular flexibility index (Phi) is 5.90. The highest BCUT2D eigenvalue weighted by atomic mass is 32.2. The fourth-order valence-corrected chi connectivity index (χ4v) is 3.26. The minimum Gasteiger partial charge on any atom is -0.302 e. The van der Waals surface area contributed by atoms with Gasteiger partial charge in [0, 0.05) is 42.1 Å². The highest BCUT2D eigenvalue weighted by molar-refractivity contribution is 7.99. The highest BCUT2D eigenvalue weighted by Gasteiger charge is 2.33. The molecule has 0 amide bonds. The standard InChI is InChI=1S/C15H30N2OS/c1-14(2,3)13(18)12(16-15(4,5)6)11-17-7-9-19-10-8-17/h12,16H,7-11H2,1-6H3. The van der Waals surface area contributed by atoms with Gasteiger partial charge in [0.05, 0.1) is 6.04 Å². The fourth-order valence-electron chi connectivity index (χ4n) is 2.28. The second-order valence-corrected chi connectivity index (χ2v) is 8.70. The van der Waals surface area contributed by atoms with Crippen molar-refractivity contribution in [1.82, 2.24) is 10.2 Å². The van der Waals surface area contributed by atoms with Gasteiger partial charge in [-0.25, -0.2) is 0 Å². The monoisotopic (exact) mass is 286 g/mol. The molecule has 19 heavy (non-hydrogen) atoms. The van der Waals surface area contributed by atoms with Crippen molar-refractivity contribution >= 4 is 17.5 Å². The molecule has 4 heteroatoms. The quantitative estimate of drug-likeness (QED) is 0.860. The number of thioether (sulfide) groups is 1. The molecule has 0 aromatic heterocycles. The average Bonchev–Trinajstić information content (AvgIpc) is 2.25. The molecule has 1 heterocycles. The third-order valence-corrected chi connectivity index (χ3v) is 4.15. The lowest BCUT2D eigenvalue weighted by molar-refractivity contribution is -0.129. The molecule has 1 fully saturated rings. The van der Waals surface area contributed by atoms with Crippen LogP contribution in [0.2, 0.25) is 0 Å². The second-order valence-electron chi connectivity index (χ2n) is 7.47. The summed E-state index contributed by atoms with van der Waals surface area (Å²) >= 11 is 2.01. The Hall–Kier alpha value is -0.0600. The van der Waals surface area contributed by atoms with Gasteiger partial charge in [0.2, 0.25) is 0 Å². The summed E-state index contributed by atoms with van der Waals surface area (Å²) in [6.07, 6.45) is 0. The van der Waals surface area contributed by atoms with Gasteiger partial charge in [-0.1, -0.05) is 20.8 Å². The SMILES string of the molecule is CC(C)(C)NC(CN1CCSCC1)C(=O)C(C)(C)C. The van der Waals surface area contributed by atoms with E-state index in [9.17, 15) is 4.79 Å². The molecular formula is C15H30N2OS. The number of nitrogens with zero attached hydrogens (tertiary/aromatic N) is 1. The number of hydrogen-bond donors (Lipinski definition) is 1. The van der Waals surface area contributed by atoms with Gasteiger partial charge in [-0.2, -0.15) is 11.8 Å². The highest BCUT2D eigenvalue weighted by Crippen LogP contribution is 2.20. The number of Topliss-reactive ketones (excluding diaryl/α,β-unsaturated/α-hetero) is 1. The minimum absolute atomic E-state index is 0.0316. The Bertz CT molecular complexity index is 298. The first-order valence-electron chi connectivity index (χ1n) is 7.22. The number of rotatable bonds is 4. The normalized spacial score (nSPS) is 20.3. The predicted octanol–water partition coefficient (Wildman–Crippen LogP) is 2.41. The molecular weight excluding hydrogens is 256 g/mol. The maximum Gasteiger partial charge on any atom is 0.156 e. The van der Waals surface area contributed by atoms with Crippen LogP contribution in [-0.2, 0) is 4.79 Å². The van der Waals surface area contributed by atoms with Gasteiger partial charge in [0.25, 0.3) is 0 Å². The first kappa shape index (κ1) is 17.0. The molecule has 1 atom stereocenters. The zero-order chi connectivity index (χ0) is 14.7. The minimum atomic E-state index is -0.284. The molecule has 3 nitrogen and oxygen atoms in total. The molecule has 112 valence electrons. The van der Waals surface area contributed by atoms with Crippen molar-refractivity contribution in [3.05, 3.63) is 0 Å². The summed E-state index contributed by atoms with van der Waals surface area (Å²) < 4.78 is 0. The van der Waals surface area contributed by atoms with Crippen LogP contribution >= 0.6 is 11.8 Å². The van der Waals surface area contributed by atoms with E-state index in [1.807, 2.05) is 32.5 Å². The van der Waals surface area contributed by atoms with Crippen LogP contribution < -0.4 is 5.32 Å². The van der Waals surface area contributed by atoms with Gasteiger partial charge < -0.3 is 5.32 Å². The third kappa shape index (κ3) is 6.28. The van der Waals surface area contributed by atoms with Crippen LogP contribution in [0.1, 0.15) is 41.5 Å². The van der Waals surface area contributed by atoms with Gasteiger partial charge in [-0.05, 0) is 20.8 Å². The van der Waals surface area contributed by atoms with Gasteiger partial charge in [0.1, 0.15) is 0 Å². The molecule has 0 aliphatic carbocycles. The Morgan fingerprint density at radius 3 is 2.11 bits per heavy atom. The van der Waals surface area contributed by atoms with Crippen molar-refractivity contribution < 1.29 is 4.79 Å². The molecule has 0 saturated carbocycles. The summed E-state index contributed by atoms with van der Waals surface area (Å²) in [6, 6.07) is -0.0666. The van der Waals surface area contributed by atoms with Gasteiger partial charge >= 0.3 is 0 Å². The second kappa shape index (κ2) is 6.59. The summed E-state index contributed by atoms with van der Waals surface area (Å²) in [5, 5.41) is 3.51. The molecule has 1 unspecified atom stereocenters. The molecule has 1 saturated heterocycles. The summed E-state index contributed by atoms with van der Waals surface area (Å²) in [6.45, 7) is 15.5. The zero-order valence-electron chi connectivity index (χ0n) is 13.4. The third-order valence-electron chi connectivity index (χ3n) is 3.21. The Balaban J connectivity index is 2.71. The van der Waals surface area contributed by atoms with Crippen LogP contribution in [0.3, 0.4) is 0 Å². The Morgan fingerprint density at radius 1 is 1.16 bits per heavy atom. The van der Waals surface area contributed by atoms with E-state index in [2.05, 4.69) is 31.0 Å².